The number of hydrogen-bond acceptors (Lipinski definition) is 3. The zero-order valence-corrected chi connectivity index (χ0v) is 14.7. The number of carbonyl (C=O) groups is 1. The second-order valence-corrected chi connectivity index (χ2v) is 5.44. The summed E-state index contributed by atoms with van der Waals surface area (Å²) < 4.78 is 9.64. The minimum absolute atomic E-state index is 0.0415. The molecule has 0 amide bonds. The smallest absolute Gasteiger partial charge is 0.308 e. The van der Waals surface area contributed by atoms with Crippen molar-refractivity contribution in [1.82, 2.24) is 0 Å². The Hall–Kier alpha value is -2.03. The van der Waals surface area contributed by atoms with Gasteiger partial charge in [0.05, 0.1) is 20.1 Å². The van der Waals surface area contributed by atoms with Crippen molar-refractivity contribution in [3.05, 3.63) is 55.6 Å². The molecule has 0 atom stereocenters. The van der Waals surface area contributed by atoms with Gasteiger partial charge in [-0.25, -0.2) is 0 Å². The van der Waals surface area contributed by atoms with Gasteiger partial charge in [0, 0.05) is 0 Å². The zero-order valence-electron chi connectivity index (χ0n) is 14.7. The fourth-order valence-electron chi connectivity index (χ4n) is 2.55. The first-order valence-electron chi connectivity index (χ1n) is 7.90. The van der Waals surface area contributed by atoms with E-state index < -0.39 is 0 Å². The van der Waals surface area contributed by atoms with Gasteiger partial charge in [-0.3, -0.25) is 4.79 Å². The van der Waals surface area contributed by atoms with Crippen molar-refractivity contribution >= 4 is 5.97 Å². The fourth-order valence-corrected chi connectivity index (χ4v) is 2.55. The van der Waals surface area contributed by atoms with Crippen LogP contribution in [-0.4, -0.2) is 20.2 Å². The van der Waals surface area contributed by atoms with Gasteiger partial charge in [-0.05, 0) is 50.7 Å². The highest BCUT2D eigenvalue weighted by Crippen LogP contribution is 2.32. The monoisotopic (exact) mass is 318 g/mol. The first-order chi connectivity index (χ1) is 11.1. The third-order valence-corrected chi connectivity index (χ3v) is 3.94. The quantitative estimate of drug-likeness (QED) is 0.578. The summed E-state index contributed by atoms with van der Waals surface area (Å²) in [6.45, 7) is 12.0. The molecule has 2 rings (SSSR count). The molecule has 0 spiro atoms. The van der Waals surface area contributed by atoms with Crippen LogP contribution in [0.3, 0.4) is 0 Å². The van der Waals surface area contributed by atoms with Crippen LogP contribution in [0.4, 0.5) is 0 Å². The van der Waals surface area contributed by atoms with Gasteiger partial charge in [-0.2, -0.15) is 0 Å². The van der Waals surface area contributed by atoms with Crippen LogP contribution in [0, 0.1) is 11.8 Å². The van der Waals surface area contributed by atoms with Gasteiger partial charge < -0.3 is 9.47 Å². The molecule has 0 aliphatic heterocycles. The van der Waals surface area contributed by atoms with Gasteiger partial charge >= 0.3 is 5.97 Å². The summed E-state index contributed by atoms with van der Waals surface area (Å²) in [5, 5.41) is 0. The Kier molecular flexibility index (Phi) is 11.4. The first-order valence-corrected chi connectivity index (χ1v) is 7.90. The Labute approximate surface area is 141 Å². The summed E-state index contributed by atoms with van der Waals surface area (Å²) in [5.41, 5.74) is 1.25. The van der Waals surface area contributed by atoms with E-state index in [4.69, 9.17) is 9.47 Å². The van der Waals surface area contributed by atoms with Crippen LogP contribution < -0.4 is 4.74 Å². The fraction of sp³-hybridized carbons (Fsp3) is 0.450. The van der Waals surface area contributed by atoms with Gasteiger partial charge in [0.15, 0.2) is 0 Å². The average molecular weight is 318 g/mol. The average Bonchev–Trinajstić information content (AvgIpc) is 2.64. The van der Waals surface area contributed by atoms with Crippen molar-refractivity contribution < 1.29 is 14.3 Å². The largest absolute Gasteiger partial charge is 0.497 e. The Balaban J connectivity index is 0.000000414. The van der Waals surface area contributed by atoms with E-state index in [0.29, 0.717) is 5.92 Å². The molecule has 1 aliphatic carbocycles. The summed E-state index contributed by atoms with van der Waals surface area (Å²) in [6, 6.07) is 9.68. The van der Waals surface area contributed by atoms with Crippen LogP contribution in [0.2, 0.25) is 0 Å². The second kappa shape index (κ2) is 12.5. The molecule has 1 saturated carbocycles. The lowest BCUT2D eigenvalue weighted by molar-refractivity contribution is -0.146. The lowest BCUT2D eigenvalue weighted by atomic mass is 9.79. The van der Waals surface area contributed by atoms with Gasteiger partial charge in [0.25, 0.3) is 0 Å². The summed E-state index contributed by atoms with van der Waals surface area (Å²) in [6.07, 6.45) is 4.11. The highest BCUT2D eigenvalue weighted by Gasteiger charge is 2.26. The summed E-state index contributed by atoms with van der Waals surface area (Å²) in [7, 11) is 3.13. The molecule has 0 unspecified atom stereocenters. The molecule has 1 aromatic rings. The molecule has 0 bridgehead atoms. The minimum atomic E-state index is -0.0415. The van der Waals surface area contributed by atoms with Crippen LogP contribution in [-0.2, 0) is 9.53 Å². The third-order valence-electron chi connectivity index (χ3n) is 3.94. The Bertz CT molecular complexity index is 445. The number of methoxy groups -OCH3 is 2. The normalized spacial score (nSPS) is 19.1. The lowest BCUT2D eigenvalue weighted by Gasteiger charge is -2.26. The number of esters is 1. The second-order valence-electron chi connectivity index (χ2n) is 5.44. The molecular formula is C20H30O3. The number of ether oxygens (including phenoxy) is 2. The van der Waals surface area contributed by atoms with E-state index in [2.05, 4.69) is 26.7 Å². The van der Waals surface area contributed by atoms with E-state index in [0.717, 1.165) is 31.4 Å². The topological polar surface area (TPSA) is 35.5 Å². The van der Waals surface area contributed by atoms with Crippen molar-refractivity contribution in [2.45, 2.75) is 32.6 Å². The molecule has 0 saturated heterocycles. The molecule has 0 N–H and O–H groups in total. The van der Waals surface area contributed by atoms with Crippen molar-refractivity contribution in [3.63, 3.8) is 0 Å². The van der Waals surface area contributed by atoms with Gasteiger partial charge in [-0.1, -0.05) is 30.4 Å². The first kappa shape index (κ1) is 21.0. The summed E-state index contributed by atoms with van der Waals surface area (Å²) in [4.78, 5) is 11.2. The van der Waals surface area contributed by atoms with Crippen LogP contribution >= 0.6 is 0 Å². The Morgan fingerprint density at radius 1 is 1.00 bits per heavy atom. The van der Waals surface area contributed by atoms with Crippen molar-refractivity contribution in [2.24, 2.45) is 11.8 Å². The maximum Gasteiger partial charge on any atom is 0.308 e. The molecule has 3 heteroatoms. The molecule has 0 aromatic heterocycles. The van der Waals surface area contributed by atoms with Crippen LogP contribution in [0.15, 0.2) is 55.6 Å². The number of para-hydroxylation sites is 1. The van der Waals surface area contributed by atoms with E-state index in [1.807, 2.05) is 30.3 Å². The van der Waals surface area contributed by atoms with Crippen LogP contribution in [0.5, 0.6) is 5.75 Å². The van der Waals surface area contributed by atoms with Crippen molar-refractivity contribution in [2.75, 3.05) is 14.2 Å². The maximum absolute atomic E-state index is 11.2. The van der Waals surface area contributed by atoms with E-state index in [1.165, 1.54) is 12.7 Å². The van der Waals surface area contributed by atoms with Gasteiger partial charge in [-0.15, -0.1) is 13.2 Å². The van der Waals surface area contributed by atoms with Crippen LogP contribution in [0.25, 0.3) is 0 Å². The highest BCUT2D eigenvalue weighted by molar-refractivity contribution is 5.72. The number of carbonyl (C=O) groups excluding carboxylic acids is 1. The lowest BCUT2D eigenvalue weighted by Crippen LogP contribution is -2.23. The standard InChI is InChI=1S/C11H18O2.C7H8O.C2H4/c1-8(2)9-4-6-10(7-5-9)11(12)13-3;1-8-7-5-3-2-4-6-7;1-2/h9-10H,1,4-7H2,2-3H3;2-6H,1H3;1-2H2. The van der Waals surface area contributed by atoms with Gasteiger partial charge in [0.1, 0.15) is 5.75 Å². The van der Waals surface area contributed by atoms with Crippen molar-refractivity contribution in [3.8, 4) is 5.75 Å². The van der Waals surface area contributed by atoms with E-state index in [-0.39, 0.29) is 11.9 Å². The molecular weight excluding hydrogens is 288 g/mol. The van der Waals surface area contributed by atoms with E-state index in [9.17, 15) is 4.79 Å². The minimum Gasteiger partial charge on any atom is -0.497 e. The molecule has 3 nitrogen and oxygen atoms in total. The molecule has 1 aromatic carbocycles. The zero-order chi connectivity index (χ0) is 17.7. The number of benzene rings is 1. The Morgan fingerprint density at radius 2 is 1.48 bits per heavy atom. The molecule has 0 radical (unpaired) electrons. The molecule has 128 valence electrons. The van der Waals surface area contributed by atoms with Crippen LogP contribution in [0.1, 0.15) is 32.6 Å². The predicted molar refractivity (Wildman–Crippen MR) is 96.5 cm³/mol. The van der Waals surface area contributed by atoms with E-state index >= 15 is 0 Å². The highest BCUT2D eigenvalue weighted by atomic mass is 16.5. The Morgan fingerprint density at radius 3 is 1.83 bits per heavy atom. The summed E-state index contributed by atoms with van der Waals surface area (Å²) in [5.74, 6) is 1.63. The maximum atomic E-state index is 11.2. The molecule has 1 aliphatic rings. The van der Waals surface area contributed by atoms with Gasteiger partial charge in [0.2, 0.25) is 0 Å². The predicted octanol–water partition coefficient (Wildman–Crippen LogP) is 5.04. The van der Waals surface area contributed by atoms with Crippen molar-refractivity contribution in [1.29, 1.82) is 0 Å². The SMILES string of the molecule is C=C.C=C(C)C1CCC(C(=O)OC)CC1.COc1ccccc1. The molecule has 23 heavy (non-hydrogen) atoms. The number of rotatable bonds is 3. The number of hydrogen-bond donors (Lipinski definition) is 0. The number of allylic oxidation sites excluding steroid dienone is 1. The third kappa shape index (κ3) is 8.24. The molecule has 0 heterocycles. The summed E-state index contributed by atoms with van der Waals surface area (Å²) >= 11 is 0. The molecule has 1 fully saturated rings. The van der Waals surface area contributed by atoms with E-state index in [1.54, 1.807) is 7.11 Å².